The highest BCUT2D eigenvalue weighted by molar-refractivity contribution is 5.25. The number of aliphatic hydroxyl groups is 1. The van der Waals surface area contributed by atoms with Crippen LogP contribution in [0.1, 0.15) is 29.8 Å². The molecule has 0 aromatic carbocycles. The Balaban J connectivity index is 3.03. The Morgan fingerprint density at radius 3 is 2.36 bits per heavy atom. The second kappa shape index (κ2) is 3.61. The lowest BCUT2D eigenvalue weighted by Gasteiger charge is -2.18. The predicted octanol–water partition coefficient (Wildman–Crippen LogP) is 2.39. The number of aromatic nitrogens is 1. The maximum absolute atomic E-state index is 12.7. The van der Waals surface area contributed by atoms with Gasteiger partial charge in [0, 0.05) is 13.1 Å². The Morgan fingerprint density at radius 1 is 1.36 bits per heavy atom. The van der Waals surface area contributed by atoms with Gasteiger partial charge < -0.3 is 5.11 Å². The minimum Gasteiger partial charge on any atom is -0.380 e. The molecule has 0 aliphatic rings. The maximum Gasteiger partial charge on any atom is 0.276 e. The molecule has 0 saturated carbocycles. The summed E-state index contributed by atoms with van der Waals surface area (Å²) in [7, 11) is 0. The minimum absolute atomic E-state index is 0.0144. The van der Waals surface area contributed by atoms with Crippen molar-refractivity contribution >= 4 is 0 Å². The number of halogens is 2. The summed E-state index contributed by atoms with van der Waals surface area (Å²) in [5.41, 5.74) is 1.78. The zero-order valence-corrected chi connectivity index (χ0v) is 8.38. The first-order valence-electron chi connectivity index (χ1n) is 4.31. The Kier molecular flexibility index (Phi) is 2.85. The Morgan fingerprint density at radius 2 is 1.93 bits per heavy atom. The summed E-state index contributed by atoms with van der Waals surface area (Å²) in [6.45, 7) is 4.30. The minimum atomic E-state index is -3.16. The number of hydrogen-bond donors (Lipinski definition) is 1. The van der Waals surface area contributed by atoms with Crippen LogP contribution in [0.25, 0.3) is 0 Å². The summed E-state index contributed by atoms with van der Waals surface area (Å²) in [5, 5.41) is 9.26. The molecular weight excluding hydrogens is 188 g/mol. The molecule has 0 aliphatic heterocycles. The van der Waals surface area contributed by atoms with Crippen molar-refractivity contribution in [2.75, 3.05) is 0 Å². The van der Waals surface area contributed by atoms with E-state index in [1.54, 1.807) is 6.92 Å². The molecular formula is C10H13F2NO. The Hall–Kier alpha value is -1.03. The molecule has 2 nitrogen and oxygen atoms in total. The molecule has 14 heavy (non-hydrogen) atoms. The fourth-order valence-corrected chi connectivity index (χ4v) is 1.06. The number of nitrogens with zero attached hydrogens (tertiary/aromatic N) is 1. The maximum atomic E-state index is 12.7. The fraction of sp³-hybridized carbons (Fsp3) is 0.500. The van der Waals surface area contributed by atoms with Crippen molar-refractivity contribution in [3.63, 3.8) is 0 Å². The van der Waals surface area contributed by atoms with E-state index in [1.807, 2.05) is 6.92 Å². The molecule has 1 unspecified atom stereocenters. The predicted molar refractivity (Wildman–Crippen MR) is 49.3 cm³/mol. The van der Waals surface area contributed by atoms with Crippen LogP contribution in [-0.2, 0) is 0 Å². The van der Waals surface area contributed by atoms with Crippen LogP contribution in [0, 0.1) is 13.8 Å². The Bertz CT molecular complexity index is 333. The van der Waals surface area contributed by atoms with Gasteiger partial charge in [-0.15, -0.1) is 0 Å². The highest BCUT2D eigenvalue weighted by Crippen LogP contribution is 2.29. The molecule has 1 heterocycles. The second-order valence-corrected chi connectivity index (χ2v) is 3.55. The molecule has 0 spiro atoms. The van der Waals surface area contributed by atoms with Gasteiger partial charge in [0.15, 0.2) is 6.10 Å². The molecule has 0 aliphatic carbocycles. The largest absolute Gasteiger partial charge is 0.380 e. The van der Waals surface area contributed by atoms with Crippen LogP contribution in [0.3, 0.4) is 0 Å². The van der Waals surface area contributed by atoms with Gasteiger partial charge in [0.1, 0.15) is 0 Å². The number of pyridine rings is 1. The van der Waals surface area contributed by atoms with Crippen molar-refractivity contribution in [1.29, 1.82) is 0 Å². The molecule has 0 saturated heterocycles. The smallest absolute Gasteiger partial charge is 0.276 e. The van der Waals surface area contributed by atoms with Crippen LogP contribution in [0.4, 0.5) is 8.78 Å². The first kappa shape index (κ1) is 11.0. The molecule has 0 radical (unpaired) electrons. The standard InChI is InChI=1S/C10H13F2NO/c1-6-4-8(13-5-7(6)2)9(14)10(3,11)12/h4-5,9,14H,1-3H3. The molecule has 1 rings (SSSR count). The van der Waals surface area contributed by atoms with E-state index in [0.717, 1.165) is 11.1 Å². The SMILES string of the molecule is Cc1cnc(C(O)C(C)(F)F)cc1C. The van der Waals surface area contributed by atoms with Crippen molar-refractivity contribution in [1.82, 2.24) is 4.98 Å². The number of alkyl halides is 2. The van der Waals surface area contributed by atoms with E-state index in [4.69, 9.17) is 0 Å². The quantitative estimate of drug-likeness (QED) is 0.796. The van der Waals surface area contributed by atoms with E-state index < -0.39 is 12.0 Å². The molecule has 0 bridgehead atoms. The van der Waals surface area contributed by atoms with Gasteiger partial charge in [-0.1, -0.05) is 0 Å². The second-order valence-electron chi connectivity index (χ2n) is 3.55. The highest BCUT2D eigenvalue weighted by atomic mass is 19.3. The molecule has 78 valence electrons. The molecule has 1 atom stereocenters. The lowest BCUT2D eigenvalue weighted by atomic mass is 10.1. The normalized spacial score (nSPS) is 14.1. The van der Waals surface area contributed by atoms with Crippen LogP contribution < -0.4 is 0 Å². The summed E-state index contributed by atoms with van der Waals surface area (Å²) in [5.74, 6) is -3.16. The highest BCUT2D eigenvalue weighted by Gasteiger charge is 2.34. The van der Waals surface area contributed by atoms with Gasteiger partial charge in [0.25, 0.3) is 5.92 Å². The molecule has 4 heteroatoms. The molecule has 1 aromatic heterocycles. The van der Waals surface area contributed by atoms with Crippen LogP contribution in [0.5, 0.6) is 0 Å². The van der Waals surface area contributed by atoms with Crippen LogP contribution in [0.2, 0.25) is 0 Å². The molecule has 0 fully saturated rings. The van der Waals surface area contributed by atoms with Crippen LogP contribution in [0.15, 0.2) is 12.3 Å². The first-order chi connectivity index (χ1) is 6.32. The van der Waals surface area contributed by atoms with E-state index >= 15 is 0 Å². The van der Waals surface area contributed by atoms with Crippen molar-refractivity contribution in [3.05, 3.63) is 29.1 Å². The van der Waals surface area contributed by atoms with Crippen LogP contribution in [-0.4, -0.2) is 16.0 Å². The Labute approximate surface area is 81.6 Å². The van der Waals surface area contributed by atoms with Crippen molar-refractivity contribution in [2.24, 2.45) is 0 Å². The van der Waals surface area contributed by atoms with E-state index in [2.05, 4.69) is 4.98 Å². The lowest BCUT2D eigenvalue weighted by Crippen LogP contribution is -2.22. The zero-order chi connectivity index (χ0) is 10.9. The summed E-state index contributed by atoms with van der Waals surface area (Å²) < 4.78 is 25.5. The van der Waals surface area contributed by atoms with Gasteiger partial charge in [-0.05, 0) is 31.0 Å². The van der Waals surface area contributed by atoms with E-state index in [9.17, 15) is 13.9 Å². The monoisotopic (exact) mass is 201 g/mol. The third-order valence-corrected chi connectivity index (χ3v) is 2.15. The van der Waals surface area contributed by atoms with E-state index in [0.29, 0.717) is 6.92 Å². The topological polar surface area (TPSA) is 33.1 Å². The zero-order valence-electron chi connectivity index (χ0n) is 8.38. The number of aliphatic hydroxyl groups excluding tert-OH is 1. The third kappa shape index (κ3) is 2.26. The summed E-state index contributed by atoms with van der Waals surface area (Å²) in [4.78, 5) is 3.78. The van der Waals surface area contributed by atoms with Crippen molar-refractivity contribution < 1.29 is 13.9 Å². The fourth-order valence-electron chi connectivity index (χ4n) is 1.06. The van der Waals surface area contributed by atoms with Crippen molar-refractivity contribution in [2.45, 2.75) is 32.8 Å². The lowest BCUT2D eigenvalue weighted by molar-refractivity contribution is -0.0972. The average Bonchev–Trinajstić information content (AvgIpc) is 2.07. The summed E-state index contributed by atoms with van der Waals surface area (Å²) in [6.07, 6.45) is -0.346. The molecule has 1 aromatic rings. The van der Waals surface area contributed by atoms with E-state index in [-0.39, 0.29) is 5.69 Å². The van der Waals surface area contributed by atoms with Gasteiger partial charge >= 0.3 is 0 Å². The van der Waals surface area contributed by atoms with Gasteiger partial charge in [-0.2, -0.15) is 0 Å². The van der Waals surface area contributed by atoms with E-state index in [1.165, 1.54) is 12.3 Å². The van der Waals surface area contributed by atoms with Gasteiger partial charge in [-0.25, -0.2) is 8.78 Å². The number of rotatable bonds is 2. The molecule has 1 N–H and O–H groups in total. The summed E-state index contributed by atoms with van der Waals surface area (Å²) >= 11 is 0. The van der Waals surface area contributed by atoms with Gasteiger partial charge in [0.2, 0.25) is 0 Å². The van der Waals surface area contributed by atoms with Crippen LogP contribution >= 0.6 is 0 Å². The van der Waals surface area contributed by atoms with Gasteiger partial charge in [-0.3, -0.25) is 4.98 Å². The first-order valence-corrected chi connectivity index (χ1v) is 4.31. The van der Waals surface area contributed by atoms with Crippen molar-refractivity contribution in [3.8, 4) is 0 Å². The third-order valence-electron chi connectivity index (χ3n) is 2.15. The van der Waals surface area contributed by atoms with Gasteiger partial charge in [0.05, 0.1) is 5.69 Å². The average molecular weight is 201 g/mol. The summed E-state index contributed by atoms with van der Waals surface area (Å²) in [6, 6.07) is 1.48. The number of aryl methyl sites for hydroxylation is 2. The number of hydrogen-bond acceptors (Lipinski definition) is 2. The molecule has 0 amide bonds.